The van der Waals surface area contributed by atoms with Crippen LogP contribution in [0.1, 0.15) is 29.9 Å². The van der Waals surface area contributed by atoms with Crippen molar-refractivity contribution in [1.82, 2.24) is 5.01 Å². The van der Waals surface area contributed by atoms with E-state index in [1.165, 1.54) is 55.6 Å². The topological polar surface area (TPSA) is 159 Å². The first-order valence-electron chi connectivity index (χ1n) is 16.8. The van der Waals surface area contributed by atoms with Gasteiger partial charge in [0, 0.05) is 28.6 Å². The summed E-state index contributed by atoms with van der Waals surface area (Å²) >= 11 is 6.33. The number of hydrazine groups is 1. The molecule has 0 aromatic heterocycles. The summed E-state index contributed by atoms with van der Waals surface area (Å²) in [5, 5.41) is 24.4. The number of imide groups is 2. The monoisotopic (exact) mass is 736 g/mol. The minimum atomic E-state index is -1.70. The number of phenols is 1. The van der Waals surface area contributed by atoms with Gasteiger partial charge in [-0.3, -0.25) is 39.6 Å². The number of anilines is 2. The number of hydrogen-bond donors (Lipinski definition) is 2. The molecule has 6 unspecified atom stereocenters. The molecule has 4 amide bonds. The van der Waals surface area contributed by atoms with E-state index in [9.17, 15) is 34.0 Å². The van der Waals surface area contributed by atoms with Gasteiger partial charge in [0.05, 0.1) is 46.6 Å². The molecule has 2 heterocycles. The van der Waals surface area contributed by atoms with Crippen molar-refractivity contribution < 1.29 is 38.3 Å². The lowest BCUT2D eigenvalue weighted by atomic mass is 9.49. The van der Waals surface area contributed by atoms with E-state index in [-0.39, 0.29) is 47.0 Å². The molecule has 0 spiro atoms. The van der Waals surface area contributed by atoms with Crippen molar-refractivity contribution in [3.8, 4) is 11.5 Å². The van der Waals surface area contributed by atoms with Crippen molar-refractivity contribution in [3.05, 3.63) is 135 Å². The zero-order valence-corrected chi connectivity index (χ0v) is 28.7. The number of rotatable bonds is 7. The number of nitrogens with one attached hydrogen (secondary N) is 1. The number of halogens is 2. The Morgan fingerprint density at radius 3 is 2.28 bits per heavy atom. The molecule has 268 valence electrons. The van der Waals surface area contributed by atoms with E-state index in [0.717, 1.165) is 9.91 Å². The summed E-state index contributed by atoms with van der Waals surface area (Å²) in [4.78, 5) is 70.2. The van der Waals surface area contributed by atoms with E-state index in [2.05, 4.69) is 5.43 Å². The smallest absolute Gasteiger partial charge is 0.269 e. The highest BCUT2D eigenvalue weighted by molar-refractivity contribution is 6.30. The Bertz CT molecular complexity index is 2250. The van der Waals surface area contributed by atoms with Crippen LogP contribution < -0.4 is 15.1 Å². The van der Waals surface area contributed by atoms with E-state index in [0.29, 0.717) is 16.2 Å². The molecule has 2 aliphatic heterocycles. The number of non-ortho nitro benzene ring substituents is 1. The molecular weight excluding hydrogens is 707 g/mol. The molecule has 12 nitrogen and oxygen atoms in total. The van der Waals surface area contributed by atoms with Gasteiger partial charge in [0.15, 0.2) is 11.5 Å². The second-order valence-electron chi connectivity index (χ2n) is 13.6. The maximum atomic E-state index is 15.2. The third-order valence-electron chi connectivity index (χ3n) is 11.1. The van der Waals surface area contributed by atoms with Gasteiger partial charge in [-0.05, 0) is 78.9 Å². The van der Waals surface area contributed by atoms with Crippen LogP contribution in [0.25, 0.3) is 0 Å². The fourth-order valence-corrected chi connectivity index (χ4v) is 9.04. The molecule has 1 saturated carbocycles. The van der Waals surface area contributed by atoms with E-state index >= 15 is 4.79 Å². The summed E-state index contributed by atoms with van der Waals surface area (Å²) in [5.41, 5.74) is 2.73. The first kappa shape index (κ1) is 34.0. The standard InChI is InChI=1S/C39H30ClFN4O8/c1-53-31-4-2-3-28(34(31)46)33-26-17-18-27-32(37(49)43(35(27)47)24-13-15-25(16-14-24)45(51)52)29(26)19-30-36(48)44(42-23-11-9-22(41)10-12-23)38(50)39(30,33)20-5-7-21(40)8-6-20/h2-17,27,29-30,32-33,42,46H,18-19H2,1H3. The van der Waals surface area contributed by atoms with Crippen LogP contribution in [0.4, 0.5) is 21.5 Å². The van der Waals surface area contributed by atoms with Gasteiger partial charge >= 0.3 is 0 Å². The zero-order chi connectivity index (χ0) is 37.3. The fourth-order valence-electron chi connectivity index (χ4n) is 8.91. The van der Waals surface area contributed by atoms with Crippen molar-refractivity contribution >= 4 is 52.3 Å². The van der Waals surface area contributed by atoms with Crippen LogP contribution in [0, 0.1) is 39.6 Å². The molecule has 4 aliphatic rings. The number of methoxy groups -OCH3 is 1. The average molecular weight is 737 g/mol. The predicted molar refractivity (Wildman–Crippen MR) is 189 cm³/mol. The Labute approximate surface area is 306 Å². The van der Waals surface area contributed by atoms with Gasteiger partial charge in [-0.1, -0.05) is 47.5 Å². The van der Waals surface area contributed by atoms with Crippen LogP contribution in [0.2, 0.25) is 5.02 Å². The lowest BCUT2D eigenvalue weighted by Crippen LogP contribution is -2.53. The molecule has 53 heavy (non-hydrogen) atoms. The lowest BCUT2D eigenvalue weighted by molar-refractivity contribution is -0.384. The van der Waals surface area contributed by atoms with Crippen molar-refractivity contribution in [2.75, 3.05) is 17.4 Å². The van der Waals surface area contributed by atoms with Gasteiger partial charge in [-0.25, -0.2) is 4.39 Å². The number of ether oxygens (including phenoxy) is 1. The van der Waals surface area contributed by atoms with Crippen molar-refractivity contribution in [3.63, 3.8) is 0 Å². The second-order valence-corrected chi connectivity index (χ2v) is 14.0. The highest BCUT2D eigenvalue weighted by atomic mass is 35.5. The number of benzene rings is 4. The third kappa shape index (κ3) is 5.01. The molecule has 2 saturated heterocycles. The van der Waals surface area contributed by atoms with Crippen LogP contribution >= 0.6 is 11.6 Å². The number of para-hydroxylation sites is 1. The molecule has 8 rings (SSSR count). The van der Waals surface area contributed by atoms with E-state index in [1.54, 1.807) is 42.5 Å². The van der Waals surface area contributed by atoms with Crippen LogP contribution in [0.15, 0.2) is 103 Å². The number of fused-ring (bicyclic) bond motifs is 4. The Balaban J connectivity index is 1.32. The number of carbonyl (C=O) groups excluding carboxylic acids is 4. The zero-order valence-electron chi connectivity index (χ0n) is 27.9. The Morgan fingerprint density at radius 2 is 1.62 bits per heavy atom. The van der Waals surface area contributed by atoms with E-state index in [1.807, 2.05) is 6.08 Å². The van der Waals surface area contributed by atoms with E-state index in [4.69, 9.17) is 16.3 Å². The van der Waals surface area contributed by atoms with Crippen LogP contribution in [0.3, 0.4) is 0 Å². The summed E-state index contributed by atoms with van der Waals surface area (Å²) in [5.74, 6) is -7.60. The second kappa shape index (κ2) is 12.6. The number of aromatic hydroxyl groups is 1. The molecule has 2 N–H and O–H groups in total. The summed E-state index contributed by atoms with van der Waals surface area (Å²) in [6.45, 7) is 0. The van der Waals surface area contributed by atoms with Gasteiger partial charge in [0.25, 0.3) is 17.5 Å². The number of nitro benzene ring substituents is 1. The number of nitro groups is 1. The molecule has 4 aromatic carbocycles. The Kier molecular flexibility index (Phi) is 8.06. The third-order valence-corrected chi connectivity index (χ3v) is 11.4. The average Bonchev–Trinajstić information content (AvgIpc) is 3.53. The molecule has 0 bridgehead atoms. The Hall–Kier alpha value is -6.08. The first-order valence-corrected chi connectivity index (χ1v) is 17.2. The minimum Gasteiger partial charge on any atom is -0.504 e. The molecule has 2 aliphatic carbocycles. The molecule has 3 fully saturated rings. The fraction of sp³-hybridized carbons (Fsp3) is 0.231. The molecule has 6 atom stereocenters. The highest BCUT2D eigenvalue weighted by Crippen LogP contribution is 2.65. The van der Waals surface area contributed by atoms with Gasteiger partial charge < -0.3 is 9.84 Å². The molecule has 0 radical (unpaired) electrons. The van der Waals surface area contributed by atoms with Gasteiger partial charge in [-0.15, -0.1) is 0 Å². The summed E-state index contributed by atoms with van der Waals surface area (Å²) < 4.78 is 19.3. The first-order chi connectivity index (χ1) is 25.5. The summed E-state index contributed by atoms with van der Waals surface area (Å²) in [6.07, 6.45) is 1.94. The van der Waals surface area contributed by atoms with E-state index < -0.39 is 69.4 Å². The highest BCUT2D eigenvalue weighted by Gasteiger charge is 2.70. The number of allylic oxidation sites excluding steroid dienone is 2. The number of amides is 4. The van der Waals surface area contributed by atoms with Crippen molar-refractivity contribution in [2.45, 2.75) is 24.2 Å². The number of phenolic OH excluding ortho intramolecular Hbond substituents is 1. The van der Waals surface area contributed by atoms with Crippen LogP contribution in [-0.4, -0.2) is 45.8 Å². The number of nitrogens with zero attached hydrogens (tertiary/aromatic N) is 3. The normalized spacial score (nSPS) is 26.2. The SMILES string of the molecule is COc1cccc(C2C3=CCC4C(=O)N(c5ccc([N+](=O)[O-])cc5)C(=O)C4C3CC3C(=O)N(Nc4ccc(F)cc4)C(=O)C32c2ccc(Cl)cc2)c1O. The number of carbonyl (C=O) groups is 4. The Morgan fingerprint density at radius 1 is 0.925 bits per heavy atom. The predicted octanol–water partition coefficient (Wildman–Crippen LogP) is 6.29. The van der Waals surface area contributed by atoms with Gasteiger partial charge in [0.1, 0.15) is 5.82 Å². The quantitative estimate of drug-likeness (QED) is 0.0962. The maximum Gasteiger partial charge on any atom is 0.269 e. The van der Waals surface area contributed by atoms with Crippen LogP contribution in [0.5, 0.6) is 11.5 Å². The van der Waals surface area contributed by atoms with Crippen LogP contribution in [-0.2, 0) is 24.6 Å². The largest absolute Gasteiger partial charge is 0.504 e. The minimum absolute atomic E-state index is 0.0177. The van der Waals surface area contributed by atoms with Crippen molar-refractivity contribution in [2.24, 2.45) is 23.7 Å². The maximum absolute atomic E-state index is 15.2. The molecule has 4 aromatic rings. The van der Waals surface area contributed by atoms with Gasteiger partial charge in [0.2, 0.25) is 11.8 Å². The number of hydrogen-bond acceptors (Lipinski definition) is 9. The summed E-state index contributed by atoms with van der Waals surface area (Å²) in [6, 6.07) is 21.7. The van der Waals surface area contributed by atoms with Crippen molar-refractivity contribution in [1.29, 1.82) is 0 Å². The summed E-state index contributed by atoms with van der Waals surface area (Å²) in [7, 11) is 1.39. The molecule has 14 heteroatoms. The van der Waals surface area contributed by atoms with Gasteiger partial charge in [-0.2, -0.15) is 5.01 Å². The lowest BCUT2D eigenvalue weighted by Gasteiger charge is -2.50. The molecular formula is C39H30ClFN4O8.